The summed E-state index contributed by atoms with van der Waals surface area (Å²) in [5.74, 6) is 0. The van der Waals surface area contributed by atoms with E-state index >= 15 is 0 Å². The largest absolute Gasteiger partial charge is 0.330 e. The number of nitrogens with two attached hydrogens (primary N) is 2. The predicted octanol–water partition coefficient (Wildman–Crippen LogP) is 3.88. The van der Waals surface area contributed by atoms with Gasteiger partial charge in [-0.15, -0.1) is 0 Å². The maximum Gasteiger partial charge on any atom is 0.0502 e. The van der Waals surface area contributed by atoms with Crippen LogP contribution in [0.25, 0.3) is 0 Å². The van der Waals surface area contributed by atoms with Crippen LogP contribution in [0.15, 0.2) is 0 Å². The molecule has 4 N–H and O–H groups in total. The zero-order valence-electron chi connectivity index (χ0n) is 13.6. The van der Waals surface area contributed by atoms with E-state index in [4.69, 9.17) is 11.5 Å². The molecule has 0 bridgehead atoms. The topological polar surface area (TPSA) is 52.0 Å². The van der Waals surface area contributed by atoms with Gasteiger partial charge in [-0.05, 0) is 37.0 Å². The Bertz CT molecular complexity index is 206. The van der Waals surface area contributed by atoms with E-state index in [1.165, 1.54) is 24.9 Å². The first-order valence-corrected chi connectivity index (χ1v) is 14.2. The van der Waals surface area contributed by atoms with E-state index in [0.717, 1.165) is 24.2 Å². The van der Waals surface area contributed by atoms with Gasteiger partial charge in [-0.3, -0.25) is 0 Å². The summed E-state index contributed by atoms with van der Waals surface area (Å²) in [7, 11) is -2.23. The van der Waals surface area contributed by atoms with Crippen molar-refractivity contribution in [3.05, 3.63) is 0 Å². The molecule has 0 radical (unpaired) electrons. The van der Waals surface area contributed by atoms with E-state index in [-0.39, 0.29) is 0 Å². The molecule has 2 unspecified atom stereocenters. The molecule has 0 spiro atoms. The summed E-state index contributed by atoms with van der Waals surface area (Å²) in [6.07, 6.45) is 2.42. The van der Waals surface area contributed by atoms with Crippen LogP contribution in [0.1, 0.15) is 26.7 Å². The molecule has 110 valence electrons. The van der Waals surface area contributed by atoms with Crippen molar-refractivity contribution in [2.24, 2.45) is 11.5 Å². The zero-order valence-corrected chi connectivity index (χ0v) is 15.6. The molecule has 0 fully saturated rings. The standard InChI is InChI=1S/C14H36N2Si2/c1-13(17(3,4)11-7-9-15)14(2)18(5,6)12-8-10-16/h13-14H,7-12,15-16H2,1-6H3. The molecule has 0 aromatic rings. The molecule has 0 amide bonds. The van der Waals surface area contributed by atoms with Gasteiger partial charge in [0.05, 0.1) is 16.1 Å². The highest BCUT2D eigenvalue weighted by Crippen LogP contribution is 2.43. The maximum absolute atomic E-state index is 5.68. The minimum atomic E-state index is -1.12. The molecule has 18 heavy (non-hydrogen) atoms. The molecular weight excluding hydrogens is 252 g/mol. The summed E-state index contributed by atoms with van der Waals surface area (Å²) < 4.78 is 0. The lowest BCUT2D eigenvalue weighted by molar-refractivity contribution is 0.767. The summed E-state index contributed by atoms with van der Waals surface area (Å²) in [6, 6.07) is 2.77. The first-order valence-electron chi connectivity index (χ1n) is 7.59. The van der Waals surface area contributed by atoms with Gasteiger partial charge in [0.1, 0.15) is 0 Å². The van der Waals surface area contributed by atoms with E-state index in [0.29, 0.717) is 0 Å². The molecule has 0 aliphatic carbocycles. The van der Waals surface area contributed by atoms with E-state index in [2.05, 4.69) is 40.0 Å². The second-order valence-corrected chi connectivity index (χ2v) is 18.1. The van der Waals surface area contributed by atoms with Crippen LogP contribution in [-0.4, -0.2) is 29.2 Å². The summed E-state index contributed by atoms with van der Waals surface area (Å²) in [5, 5.41) is 0. The van der Waals surface area contributed by atoms with Crippen molar-refractivity contribution in [1.29, 1.82) is 0 Å². The van der Waals surface area contributed by atoms with Gasteiger partial charge < -0.3 is 11.5 Å². The van der Waals surface area contributed by atoms with Gasteiger partial charge in [0.25, 0.3) is 0 Å². The number of rotatable bonds is 9. The van der Waals surface area contributed by atoms with Crippen molar-refractivity contribution in [3.63, 3.8) is 0 Å². The second kappa shape index (κ2) is 7.83. The van der Waals surface area contributed by atoms with Gasteiger partial charge in [0.15, 0.2) is 0 Å². The van der Waals surface area contributed by atoms with Crippen molar-refractivity contribution < 1.29 is 0 Å². The molecule has 0 saturated carbocycles. The third kappa shape index (κ3) is 5.55. The molecule has 0 aliphatic rings. The lowest BCUT2D eigenvalue weighted by Gasteiger charge is -2.41. The maximum atomic E-state index is 5.68. The summed E-state index contributed by atoms with van der Waals surface area (Å²) in [6.45, 7) is 16.9. The Morgan fingerprint density at radius 2 is 1.00 bits per heavy atom. The SMILES string of the molecule is CC(C(C)[Si](C)(C)CCCN)[Si](C)(C)CCCN. The highest BCUT2D eigenvalue weighted by molar-refractivity contribution is 6.84. The molecule has 0 aromatic heterocycles. The average molecular weight is 289 g/mol. The molecule has 0 aliphatic heterocycles. The average Bonchev–Trinajstić information content (AvgIpc) is 2.32. The zero-order chi connectivity index (χ0) is 14.4. The van der Waals surface area contributed by atoms with Crippen molar-refractivity contribution in [2.45, 2.75) is 76.0 Å². The van der Waals surface area contributed by atoms with Gasteiger partial charge in [-0.25, -0.2) is 0 Å². The Kier molecular flexibility index (Phi) is 7.98. The summed E-state index contributed by atoms with van der Waals surface area (Å²) >= 11 is 0. The number of hydrogen-bond donors (Lipinski definition) is 2. The van der Waals surface area contributed by atoms with Gasteiger partial charge in [0, 0.05) is 0 Å². The Hall–Kier alpha value is 0.354. The first kappa shape index (κ1) is 18.4. The summed E-state index contributed by atoms with van der Waals surface area (Å²) in [5.41, 5.74) is 13.2. The van der Waals surface area contributed by atoms with E-state index in [1.54, 1.807) is 0 Å². The third-order valence-electron chi connectivity index (χ3n) is 5.27. The minimum Gasteiger partial charge on any atom is -0.330 e. The highest BCUT2D eigenvalue weighted by Gasteiger charge is 2.39. The van der Waals surface area contributed by atoms with Gasteiger partial charge in [-0.1, -0.05) is 52.1 Å². The second-order valence-electron chi connectivity index (χ2n) is 7.34. The fourth-order valence-electron chi connectivity index (χ4n) is 2.92. The lowest BCUT2D eigenvalue weighted by Crippen LogP contribution is -2.42. The molecule has 2 nitrogen and oxygen atoms in total. The van der Waals surface area contributed by atoms with Crippen molar-refractivity contribution in [3.8, 4) is 0 Å². The Labute approximate surface area is 117 Å². The number of hydrogen-bond acceptors (Lipinski definition) is 2. The first-order chi connectivity index (χ1) is 8.19. The van der Waals surface area contributed by atoms with E-state index in [9.17, 15) is 0 Å². The third-order valence-corrected chi connectivity index (χ3v) is 14.8. The Morgan fingerprint density at radius 3 is 1.22 bits per heavy atom. The van der Waals surface area contributed by atoms with Crippen molar-refractivity contribution in [1.82, 2.24) is 0 Å². The van der Waals surface area contributed by atoms with Crippen molar-refractivity contribution >= 4 is 16.1 Å². The molecule has 0 saturated heterocycles. The van der Waals surface area contributed by atoms with E-state index < -0.39 is 16.1 Å². The fraction of sp³-hybridized carbons (Fsp3) is 1.00. The van der Waals surface area contributed by atoms with Crippen LogP contribution < -0.4 is 11.5 Å². The molecule has 2 atom stereocenters. The molecule has 0 heterocycles. The quantitative estimate of drug-likeness (QED) is 0.633. The van der Waals surface area contributed by atoms with E-state index in [1.807, 2.05) is 0 Å². The van der Waals surface area contributed by atoms with Gasteiger partial charge in [0.2, 0.25) is 0 Å². The molecular formula is C14H36N2Si2. The lowest BCUT2D eigenvalue weighted by atomic mass is 10.3. The van der Waals surface area contributed by atoms with Gasteiger partial charge >= 0.3 is 0 Å². The van der Waals surface area contributed by atoms with Gasteiger partial charge in [-0.2, -0.15) is 0 Å². The molecule has 0 aromatic carbocycles. The van der Waals surface area contributed by atoms with Crippen LogP contribution in [0, 0.1) is 0 Å². The van der Waals surface area contributed by atoms with Crippen LogP contribution in [0.3, 0.4) is 0 Å². The highest BCUT2D eigenvalue weighted by atomic mass is 28.3. The predicted molar refractivity (Wildman–Crippen MR) is 90.8 cm³/mol. The smallest absolute Gasteiger partial charge is 0.0502 e. The monoisotopic (exact) mass is 288 g/mol. The fourth-order valence-corrected chi connectivity index (χ4v) is 11.5. The Balaban J connectivity index is 4.59. The molecule has 4 heteroatoms. The van der Waals surface area contributed by atoms with Crippen LogP contribution in [0.4, 0.5) is 0 Å². The van der Waals surface area contributed by atoms with Crippen molar-refractivity contribution in [2.75, 3.05) is 13.1 Å². The van der Waals surface area contributed by atoms with Crippen LogP contribution in [0.2, 0.25) is 49.4 Å². The van der Waals surface area contributed by atoms with Crippen LogP contribution >= 0.6 is 0 Å². The minimum absolute atomic E-state index is 0.853. The van der Waals surface area contributed by atoms with Crippen LogP contribution in [-0.2, 0) is 0 Å². The van der Waals surface area contributed by atoms with Crippen LogP contribution in [0.5, 0.6) is 0 Å². The normalized spacial score (nSPS) is 16.7. The Morgan fingerprint density at radius 1 is 0.722 bits per heavy atom. The molecule has 0 rings (SSSR count). The summed E-state index contributed by atoms with van der Waals surface area (Å²) in [4.78, 5) is 0.